The summed E-state index contributed by atoms with van der Waals surface area (Å²) in [6, 6.07) is 21.5. The number of hydrogen-bond donors (Lipinski definition) is 2. The number of rotatable bonds is 6. The molecule has 0 aliphatic carbocycles. The minimum absolute atomic E-state index is 0.296. The first-order valence-corrected chi connectivity index (χ1v) is 12.1. The minimum Gasteiger partial charge on any atom is -0.497 e. The second-order valence-corrected chi connectivity index (χ2v) is 8.89. The van der Waals surface area contributed by atoms with Crippen molar-refractivity contribution < 1.29 is 14.3 Å². The number of anilines is 2. The summed E-state index contributed by atoms with van der Waals surface area (Å²) >= 11 is 0. The summed E-state index contributed by atoms with van der Waals surface area (Å²) in [6.07, 6.45) is 1.93. The maximum atomic E-state index is 12.8. The van der Waals surface area contributed by atoms with Crippen LogP contribution in [-0.4, -0.2) is 49.3 Å². The van der Waals surface area contributed by atoms with Gasteiger partial charge in [-0.25, -0.2) is 4.79 Å². The van der Waals surface area contributed by atoms with Gasteiger partial charge in [0.2, 0.25) is 0 Å². The first-order valence-electron chi connectivity index (χ1n) is 12.1. The average molecular weight is 483 g/mol. The third kappa shape index (κ3) is 5.32. The summed E-state index contributed by atoms with van der Waals surface area (Å²) in [7, 11) is 1.62. The van der Waals surface area contributed by atoms with Gasteiger partial charge < -0.3 is 20.1 Å². The number of methoxy groups -OCH3 is 1. The van der Waals surface area contributed by atoms with Crippen LogP contribution in [0.25, 0.3) is 21.9 Å². The van der Waals surface area contributed by atoms with Crippen molar-refractivity contribution in [2.24, 2.45) is 0 Å². The maximum absolute atomic E-state index is 12.8. The molecule has 36 heavy (non-hydrogen) atoms. The number of ether oxygens (including phenoxy) is 2. The Balaban J connectivity index is 1.35. The van der Waals surface area contributed by atoms with E-state index in [9.17, 15) is 4.79 Å². The van der Waals surface area contributed by atoms with Crippen LogP contribution in [0.3, 0.4) is 0 Å². The number of morpholine rings is 1. The number of benzene rings is 3. The third-order valence-corrected chi connectivity index (χ3v) is 6.48. The van der Waals surface area contributed by atoms with Gasteiger partial charge >= 0.3 is 6.03 Å². The third-order valence-electron chi connectivity index (χ3n) is 6.48. The topological polar surface area (TPSA) is 75.7 Å². The molecule has 1 aliphatic rings. The fraction of sp³-hybridized carbons (Fsp3) is 0.241. The Morgan fingerprint density at radius 3 is 2.44 bits per heavy atom. The molecule has 7 nitrogen and oxygen atoms in total. The zero-order valence-corrected chi connectivity index (χ0v) is 20.6. The van der Waals surface area contributed by atoms with Crippen LogP contribution < -0.4 is 15.4 Å². The van der Waals surface area contributed by atoms with Crippen molar-refractivity contribution in [3.63, 3.8) is 0 Å². The van der Waals surface area contributed by atoms with Crippen molar-refractivity contribution >= 4 is 28.2 Å². The van der Waals surface area contributed by atoms with Crippen molar-refractivity contribution in [3.8, 4) is 16.9 Å². The van der Waals surface area contributed by atoms with Gasteiger partial charge in [0.1, 0.15) is 5.75 Å². The molecule has 4 aromatic rings. The number of aryl methyl sites for hydroxylation is 1. The zero-order chi connectivity index (χ0) is 24.9. The van der Waals surface area contributed by atoms with Gasteiger partial charge in [0.25, 0.3) is 0 Å². The molecule has 3 aromatic carbocycles. The molecule has 1 saturated heterocycles. The highest BCUT2D eigenvalue weighted by Gasteiger charge is 2.14. The van der Waals surface area contributed by atoms with Crippen molar-refractivity contribution in [2.75, 3.05) is 44.0 Å². The molecule has 1 fully saturated rings. The summed E-state index contributed by atoms with van der Waals surface area (Å²) in [5.74, 6) is 0.753. The normalized spacial score (nSPS) is 13.9. The predicted molar refractivity (Wildman–Crippen MR) is 144 cm³/mol. The van der Waals surface area contributed by atoms with Crippen LogP contribution >= 0.6 is 0 Å². The quantitative estimate of drug-likeness (QED) is 0.369. The molecule has 1 aliphatic heterocycles. The summed E-state index contributed by atoms with van der Waals surface area (Å²) in [5, 5.41) is 7.96. The van der Waals surface area contributed by atoms with E-state index in [2.05, 4.69) is 33.7 Å². The van der Waals surface area contributed by atoms with E-state index in [4.69, 9.17) is 14.5 Å². The number of nitrogens with one attached hydrogen (secondary N) is 2. The van der Waals surface area contributed by atoms with E-state index in [1.807, 2.05) is 61.7 Å². The number of carbonyl (C=O) groups excluding carboxylic acids is 1. The number of nitrogens with zero attached hydrogens (tertiary/aromatic N) is 2. The summed E-state index contributed by atoms with van der Waals surface area (Å²) in [4.78, 5) is 19.9. The van der Waals surface area contributed by atoms with Crippen molar-refractivity contribution in [1.82, 2.24) is 9.88 Å². The van der Waals surface area contributed by atoms with Crippen LogP contribution in [0.5, 0.6) is 5.75 Å². The zero-order valence-electron chi connectivity index (χ0n) is 20.6. The van der Waals surface area contributed by atoms with Crippen LogP contribution in [0.2, 0.25) is 0 Å². The van der Waals surface area contributed by atoms with Crippen molar-refractivity contribution in [2.45, 2.75) is 13.5 Å². The molecule has 0 spiro atoms. The second-order valence-electron chi connectivity index (χ2n) is 8.89. The molecule has 0 radical (unpaired) electrons. The van der Waals surface area contributed by atoms with E-state index in [1.165, 1.54) is 0 Å². The van der Waals surface area contributed by atoms with Gasteiger partial charge in [0.05, 0.1) is 31.7 Å². The number of aromatic nitrogens is 1. The van der Waals surface area contributed by atoms with Gasteiger partial charge in [0.15, 0.2) is 0 Å². The largest absolute Gasteiger partial charge is 0.497 e. The van der Waals surface area contributed by atoms with Gasteiger partial charge in [-0.2, -0.15) is 0 Å². The average Bonchev–Trinajstić information content (AvgIpc) is 2.91. The molecular weight excluding hydrogens is 452 g/mol. The van der Waals surface area contributed by atoms with Crippen LogP contribution in [0, 0.1) is 6.92 Å². The molecule has 2 amide bonds. The first-order chi connectivity index (χ1) is 17.6. The molecule has 5 rings (SSSR count). The van der Waals surface area contributed by atoms with Crippen LogP contribution in [0.15, 0.2) is 72.9 Å². The number of fused-ring (bicyclic) bond motifs is 1. The summed E-state index contributed by atoms with van der Waals surface area (Å²) in [6.45, 7) is 6.20. The lowest BCUT2D eigenvalue weighted by Crippen LogP contribution is -2.35. The smallest absolute Gasteiger partial charge is 0.323 e. The van der Waals surface area contributed by atoms with Crippen LogP contribution in [0.1, 0.15) is 11.3 Å². The molecule has 0 saturated carbocycles. The highest BCUT2D eigenvalue weighted by Crippen LogP contribution is 2.33. The van der Waals surface area contributed by atoms with E-state index in [0.29, 0.717) is 0 Å². The SMILES string of the molecule is COc1ccc(NC(=O)Nc2ccc(-c3ccc(CN4CCOCC4)nc3)c3ccccc23)c(C)c1. The lowest BCUT2D eigenvalue weighted by molar-refractivity contribution is 0.0336. The standard InChI is InChI=1S/C29H30N4O3/c1-20-17-23(35-2)9-11-27(20)31-29(34)32-28-12-10-24(25-5-3-4-6-26(25)28)21-7-8-22(30-18-21)19-33-13-15-36-16-14-33/h3-12,17-18H,13-16,19H2,1-2H3,(H2,31,32,34). The molecular formula is C29H30N4O3. The molecule has 0 unspecified atom stereocenters. The minimum atomic E-state index is -0.296. The maximum Gasteiger partial charge on any atom is 0.323 e. The fourth-order valence-electron chi connectivity index (χ4n) is 4.50. The Hall–Kier alpha value is -3.94. The number of carbonyl (C=O) groups is 1. The Labute approximate surface area is 211 Å². The highest BCUT2D eigenvalue weighted by atomic mass is 16.5. The Morgan fingerprint density at radius 1 is 0.972 bits per heavy atom. The van der Waals surface area contributed by atoms with Gasteiger partial charge in [-0.1, -0.05) is 36.4 Å². The van der Waals surface area contributed by atoms with E-state index < -0.39 is 0 Å². The molecule has 0 atom stereocenters. The Kier molecular flexibility index (Phi) is 7.11. The molecule has 2 N–H and O–H groups in total. The van der Waals surface area contributed by atoms with Gasteiger partial charge in [-0.15, -0.1) is 0 Å². The molecule has 7 heteroatoms. The van der Waals surface area contributed by atoms with Crippen molar-refractivity contribution in [1.29, 1.82) is 0 Å². The second kappa shape index (κ2) is 10.8. The Bertz CT molecular complexity index is 1370. The molecule has 1 aromatic heterocycles. The van der Waals surface area contributed by atoms with Gasteiger partial charge in [-0.05, 0) is 53.8 Å². The fourth-order valence-corrected chi connectivity index (χ4v) is 4.50. The van der Waals surface area contributed by atoms with Crippen molar-refractivity contribution in [3.05, 3.63) is 84.2 Å². The van der Waals surface area contributed by atoms with E-state index in [1.54, 1.807) is 7.11 Å². The number of pyridine rings is 1. The molecule has 0 bridgehead atoms. The number of urea groups is 1. The van der Waals surface area contributed by atoms with E-state index in [-0.39, 0.29) is 6.03 Å². The van der Waals surface area contributed by atoms with E-state index in [0.717, 1.165) is 83.1 Å². The lowest BCUT2D eigenvalue weighted by atomic mass is 9.98. The predicted octanol–water partition coefficient (Wildman–Crippen LogP) is 5.70. The van der Waals surface area contributed by atoms with Crippen LogP contribution in [0.4, 0.5) is 16.2 Å². The molecule has 184 valence electrons. The Morgan fingerprint density at radius 2 is 1.72 bits per heavy atom. The summed E-state index contributed by atoms with van der Waals surface area (Å²) in [5.41, 5.74) is 5.57. The monoisotopic (exact) mass is 482 g/mol. The van der Waals surface area contributed by atoms with Gasteiger partial charge in [-0.3, -0.25) is 9.88 Å². The van der Waals surface area contributed by atoms with E-state index >= 15 is 0 Å². The number of hydrogen-bond acceptors (Lipinski definition) is 5. The highest BCUT2D eigenvalue weighted by molar-refractivity contribution is 6.09. The van der Waals surface area contributed by atoms with Crippen LogP contribution in [-0.2, 0) is 11.3 Å². The number of amides is 2. The summed E-state index contributed by atoms with van der Waals surface area (Å²) < 4.78 is 10.7. The van der Waals surface area contributed by atoms with Gasteiger partial charge in [0, 0.05) is 42.5 Å². The first kappa shape index (κ1) is 23.8. The molecule has 2 heterocycles. The lowest BCUT2D eigenvalue weighted by Gasteiger charge is -2.26.